The van der Waals surface area contributed by atoms with E-state index in [1.54, 1.807) is 4.52 Å². The molecule has 2 heterocycles. The maximum absolute atomic E-state index is 12.4. The zero-order valence-electron chi connectivity index (χ0n) is 18.8. The van der Waals surface area contributed by atoms with Crippen molar-refractivity contribution in [2.24, 2.45) is 0 Å². The van der Waals surface area contributed by atoms with E-state index in [9.17, 15) is 4.79 Å². The summed E-state index contributed by atoms with van der Waals surface area (Å²) in [5, 5.41) is 8.18. The van der Waals surface area contributed by atoms with E-state index in [4.69, 9.17) is 0 Å². The second-order valence-corrected chi connectivity index (χ2v) is 8.96. The molecule has 2 aromatic carbocycles. The van der Waals surface area contributed by atoms with Gasteiger partial charge >= 0.3 is 0 Å². The van der Waals surface area contributed by atoms with Gasteiger partial charge in [-0.15, -0.1) is 5.10 Å². The standard InChI is InChI=1S/C25H27N5OS/c1-16-10-12-20(13-11-16)14-22-18(3)27-24-28-25(29-30(24)19(22)4)32-15-23(31)26-17(2)21-8-6-5-7-9-21/h5-13,17H,14-15H2,1-4H3,(H,26,31)/t17-/m1/s1. The second-order valence-electron chi connectivity index (χ2n) is 8.02. The summed E-state index contributed by atoms with van der Waals surface area (Å²) in [7, 11) is 0. The average molecular weight is 446 g/mol. The van der Waals surface area contributed by atoms with Crippen LogP contribution >= 0.6 is 11.8 Å². The lowest BCUT2D eigenvalue weighted by Crippen LogP contribution is -2.28. The maximum Gasteiger partial charge on any atom is 0.253 e. The molecule has 1 atom stereocenters. The number of aromatic nitrogens is 4. The van der Waals surface area contributed by atoms with Gasteiger partial charge in [0.05, 0.1) is 11.8 Å². The highest BCUT2D eigenvalue weighted by Crippen LogP contribution is 2.21. The van der Waals surface area contributed by atoms with Crippen LogP contribution in [0.5, 0.6) is 0 Å². The first-order valence-electron chi connectivity index (χ1n) is 10.7. The fraction of sp³-hybridized carbons (Fsp3) is 0.280. The van der Waals surface area contributed by atoms with Crippen molar-refractivity contribution in [2.75, 3.05) is 5.75 Å². The maximum atomic E-state index is 12.4. The van der Waals surface area contributed by atoms with Gasteiger partial charge in [0.15, 0.2) is 0 Å². The first kappa shape index (κ1) is 22.0. The molecule has 0 saturated heterocycles. The van der Waals surface area contributed by atoms with Crippen LogP contribution in [-0.2, 0) is 11.2 Å². The van der Waals surface area contributed by atoms with Gasteiger partial charge < -0.3 is 5.32 Å². The van der Waals surface area contributed by atoms with E-state index < -0.39 is 0 Å². The molecule has 4 rings (SSSR count). The van der Waals surface area contributed by atoms with Gasteiger partial charge in [-0.3, -0.25) is 4.79 Å². The minimum atomic E-state index is -0.0499. The zero-order valence-corrected chi connectivity index (χ0v) is 19.6. The highest BCUT2D eigenvalue weighted by Gasteiger charge is 2.16. The number of benzene rings is 2. The molecule has 0 bridgehead atoms. The van der Waals surface area contributed by atoms with Crippen LogP contribution < -0.4 is 5.32 Å². The number of nitrogens with one attached hydrogen (secondary N) is 1. The molecule has 32 heavy (non-hydrogen) atoms. The van der Waals surface area contributed by atoms with Crippen molar-refractivity contribution in [2.45, 2.75) is 45.3 Å². The van der Waals surface area contributed by atoms with Gasteiger partial charge in [0.2, 0.25) is 11.1 Å². The Hall–Kier alpha value is -3.19. The Kier molecular flexibility index (Phi) is 6.55. The molecular weight excluding hydrogens is 418 g/mol. The number of nitrogens with zero attached hydrogens (tertiary/aromatic N) is 4. The van der Waals surface area contributed by atoms with E-state index >= 15 is 0 Å². The van der Waals surface area contributed by atoms with Crippen LogP contribution in [-0.4, -0.2) is 31.2 Å². The summed E-state index contributed by atoms with van der Waals surface area (Å²) in [5.41, 5.74) is 6.69. The molecule has 1 N–H and O–H groups in total. The number of hydrogen-bond donors (Lipinski definition) is 1. The fourth-order valence-electron chi connectivity index (χ4n) is 3.66. The SMILES string of the molecule is Cc1ccc(Cc2c(C)nc3nc(SCC(=O)N[C@H](C)c4ccccc4)nn3c2C)cc1. The molecule has 0 saturated carbocycles. The van der Waals surface area contributed by atoms with Crippen LogP contribution in [0.4, 0.5) is 0 Å². The Labute approximate surface area is 192 Å². The molecule has 2 aromatic heterocycles. The van der Waals surface area contributed by atoms with Crippen LogP contribution in [0, 0.1) is 20.8 Å². The van der Waals surface area contributed by atoms with Crippen LogP contribution in [0.1, 0.15) is 46.6 Å². The van der Waals surface area contributed by atoms with Gasteiger partial charge in [0.25, 0.3) is 5.78 Å². The Morgan fingerprint density at radius 3 is 2.47 bits per heavy atom. The summed E-state index contributed by atoms with van der Waals surface area (Å²) in [5.74, 6) is 0.766. The van der Waals surface area contributed by atoms with Crippen LogP contribution in [0.2, 0.25) is 0 Å². The summed E-state index contributed by atoms with van der Waals surface area (Å²) in [6.07, 6.45) is 0.795. The minimum Gasteiger partial charge on any atom is -0.349 e. The van der Waals surface area contributed by atoms with Crippen molar-refractivity contribution in [1.29, 1.82) is 0 Å². The van der Waals surface area contributed by atoms with Crippen molar-refractivity contribution in [1.82, 2.24) is 24.9 Å². The Bertz CT molecular complexity index is 1230. The van der Waals surface area contributed by atoms with Gasteiger partial charge in [-0.05, 0) is 44.4 Å². The fourth-order valence-corrected chi connectivity index (χ4v) is 4.28. The number of rotatable bonds is 7. The van der Waals surface area contributed by atoms with E-state index in [0.717, 1.165) is 28.9 Å². The molecule has 0 aliphatic heterocycles. The molecule has 164 valence electrons. The Morgan fingerprint density at radius 1 is 1.03 bits per heavy atom. The zero-order chi connectivity index (χ0) is 22.7. The smallest absolute Gasteiger partial charge is 0.253 e. The third-order valence-corrected chi connectivity index (χ3v) is 6.38. The summed E-state index contributed by atoms with van der Waals surface area (Å²) < 4.78 is 1.78. The molecule has 6 nitrogen and oxygen atoms in total. The van der Waals surface area contributed by atoms with E-state index in [0.29, 0.717) is 10.9 Å². The molecule has 0 fully saturated rings. The van der Waals surface area contributed by atoms with Crippen molar-refractivity contribution in [3.05, 3.63) is 88.2 Å². The average Bonchev–Trinajstić information content (AvgIpc) is 3.20. The quantitative estimate of drug-likeness (QED) is 0.421. The highest BCUT2D eigenvalue weighted by molar-refractivity contribution is 7.99. The third kappa shape index (κ3) is 4.99. The number of aryl methyl sites for hydroxylation is 3. The molecule has 1 amide bonds. The largest absolute Gasteiger partial charge is 0.349 e. The molecule has 7 heteroatoms. The van der Waals surface area contributed by atoms with E-state index in [1.807, 2.05) is 51.1 Å². The minimum absolute atomic E-state index is 0.0470. The molecule has 0 unspecified atom stereocenters. The first-order chi connectivity index (χ1) is 15.4. The number of amides is 1. The molecule has 0 aliphatic carbocycles. The summed E-state index contributed by atoms with van der Waals surface area (Å²) in [6, 6.07) is 18.4. The number of carbonyl (C=O) groups is 1. The third-order valence-electron chi connectivity index (χ3n) is 5.54. The van der Waals surface area contributed by atoms with Gasteiger partial charge in [0, 0.05) is 17.8 Å². The number of thioether (sulfide) groups is 1. The van der Waals surface area contributed by atoms with Crippen molar-refractivity contribution in [3.8, 4) is 0 Å². The predicted molar refractivity (Wildman–Crippen MR) is 128 cm³/mol. The lowest BCUT2D eigenvalue weighted by Gasteiger charge is -2.13. The second kappa shape index (κ2) is 9.53. The van der Waals surface area contributed by atoms with Gasteiger partial charge in [0.1, 0.15) is 0 Å². The van der Waals surface area contributed by atoms with Crippen molar-refractivity contribution < 1.29 is 4.79 Å². The van der Waals surface area contributed by atoms with Gasteiger partial charge in [-0.2, -0.15) is 4.98 Å². The highest BCUT2D eigenvalue weighted by atomic mass is 32.2. The monoisotopic (exact) mass is 445 g/mol. The number of fused-ring (bicyclic) bond motifs is 1. The van der Waals surface area contributed by atoms with Gasteiger partial charge in [-0.1, -0.05) is 71.9 Å². The molecule has 0 aliphatic rings. The van der Waals surface area contributed by atoms with Gasteiger partial charge in [-0.25, -0.2) is 9.50 Å². The molecule has 0 spiro atoms. The first-order valence-corrected chi connectivity index (χ1v) is 11.6. The molecular formula is C25H27N5OS. The van der Waals surface area contributed by atoms with E-state index in [2.05, 4.69) is 51.6 Å². The van der Waals surface area contributed by atoms with Crippen molar-refractivity contribution in [3.63, 3.8) is 0 Å². The molecule has 0 radical (unpaired) electrons. The summed E-state index contributed by atoms with van der Waals surface area (Å²) in [4.78, 5) is 21.6. The summed E-state index contributed by atoms with van der Waals surface area (Å²) >= 11 is 1.32. The van der Waals surface area contributed by atoms with Crippen LogP contribution in [0.25, 0.3) is 5.78 Å². The van der Waals surface area contributed by atoms with E-state index in [1.165, 1.54) is 22.9 Å². The van der Waals surface area contributed by atoms with Crippen molar-refractivity contribution >= 4 is 23.4 Å². The lowest BCUT2D eigenvalue weighted by molar-refractivity contribution is -0.119. The molecule has 4 aromatic rings. The summed E-state index contributed by atoms with van der Waals surface area (Å²) in [6.45, 7) is 8.12. The topological polar surface area (TPSA) is 72.2 Å². The number of carbonyl (C=O) groups excluding carboxylic acids is 1. The Morgan fingerprint density at radius 2 is 1.75 bits per heavy atom. The normalized spacial score (nSPS) is 12.1. The Balaban J connectivity index is 1.45. The number of hydrogen-bond acceptors (Lipinski definition) is 5. The lowest BCUT2D eigenvalue weighted by atomic mass is 10.0. The van der Waals surface area contributed by atoms with E-state index in [-0.39, 0.29) is 17.7 Å². The van der Waals surface area contributed by atoms with Crippen LogP contribution in [0.3, 0.4) is 0 Å². The van der Waals surface area contributed by atoms with Crippen LogP contribution in [0.15, 0.2) is 59.8 Å². The predicted octanol–water partition coefficient (Wildman–Crippen LogP) is 4.61.